The lowest BCUT2D eigenvalue weighted by Crippen LogP contribution is -2.25. The summed E-state index contributed by atoms with van der Waals surface area (Å²) in [6.45, 7) is 0. The zero-order valence-electron chi connectivity index (χ0n) is 13.9. The highest BCUT2D eigenvalue weighted by Crippen LogP contribution is 2.42. The van der Waals surface area contributed by atoms with Crippen LogP contribution >= 0.6 is 11.3 Å². The minimum atomic E-state index is -3.70. The van der Waals surface area contributed by atoms with Crippen molar-refractivity contribution in [1.29, 1.82) is 0 Å². The summed E-state index contributed by atoms with van der Waals surface area (Å²) in [6, 6.07) is 8.25. The van der Waals surface area contributed by atoms with Gasteiger partial charge < -0.3 is 14.5 Å². The average Bonchev–Trinajstić information content (AvgIpc) is 3.36. The summed E-state index contributed by atoms with van der Waals surface area (Å²) >= 11 is 1.55. The molecule has 1 aromatic carbocycles. The number of alkyl halides is 2. The van der Waals surface area contributed by atoms with Crippen molar-refractivity contribution in [2.45, 2.75) is 6.29 Å². The predicted molar refractivity (Wildman–Crippen MR) is 97.8 cm³/mol. The molecule has 0 saturated carbocycles. The number of pyridine rings is 1. The maximum absolute atomic E-state index is 13.1. The van der Waals surface area contributed by atoms with Crippen molar-refractivity contribution in [1.82, 2.24) is 15.0 Å². The van der Waals surface area contributed by atoms with Crippen LogP contribution in [0.15, 0.2) is 48.1 Å². The van der Waals surface area contributed by atoms with Crippen LogP contribution in [0, 0.1) is 0 Å². The summed E-state index contributed by atoms with van der Waals surface area (Å²) in [6.07, 6.45) is -0.562. The lowest BCUT2D eigenvalue weighted by Gasteiger charge is -2.04. The van der Waals surface area contributed by atoms with Crippen LogP contribution in [0.25, 0.3) is 21.5 Å². The number of imidazole rings is 1. The third-order valence-electron chi connectivity index (χ3n) is 4.04. The molecule has 0 radical (unpaired) electrons. The SMILES string of the molecule is O=C(Nc1nc2cc3c(cc2[nH]1)OC(F)(F)O3)c1cncc(-c2cccs2)c1. The van der Waals surface area contributed by atoms with Gasteiger partial charge in [0, 0.05) is 35.0 Å². The third-order valence-corrected chi connectivity index (χ3v) is 4.96. The van der Waals surface area contributed by atoms with Gasteiger partial charge in [0.05, 0.1) is 16.6 Å². The molecule has 1 amide bonds. The molecule has 4 heterocycles. The van der Waals surface area contributed by atoms with Gasteiger partial charge >= 0.3 is 6.29 Å². The van der Waals surface area contributed by atoms with Crippen molar-refractivity contribution in [2.75, 3.05) is 5.32 Å². The van der Waals surface area contributed by atoms with E-state index in [1.807, 2.05) is 17.5 Å². The molecule has 3 aromatic heterocycles. The van der Waals surface area contributed by atoms with Crippen molar-refractivity contribution < 1.29 is 23.0 Å². The summed E-state index contributed by atoms with van der Waals surface area (Å²) in [5.74, 6) is -0.463. The first-order valence-electron chi connectivity index (χ1n) is 8.07. The van der Waals surface area contributed by atoms with Crippen molar-refractivity contribution >= 4 is 34.2 Å². The lowest BCUT2D eigenvalue weighted by atomic mass is 10.1. The number of hydrogen-bond acceptors (Lipinski definition) is 6. The zero-order chi connectivity index (χ0) is 19.3. The molecule has 7 nitrogen and oxygen atoms in total. The topological polar surface area (TPSA) is 89.1 Å². The Labute approximate surface area is 160 Å². The second kappa shape index (κ2) is 5.99. The van der Waals surface area contributed by atoms with E-state index < -0.39 is 12.2 Å². The highest BCUT2D eigenvalue weighted by Gasteiger charge is 2.43. The maximum atomic E-state index is 13.1. The number of anilines is 1. The number of carbonyl (C=O) groups excluding carboxylic acids is 1. The molecule has 10 heteroatoms. The van der Waals surface area contributed by atoms with Gasteiger partial charge in [-0.15, -0.1) is 20.1 Å². The number of fused-ring (bicyclic) bond motifs is 2. The molecule has 140 valence electrons. The molecule has 0 bridgehead atoms. The van der Waals surface area contributed by atoms with E-state index in [4.69, 9.17) is 0 Å². The van der Waals surface area contributed by atoms with E-state index in [1.54, 1.807) is 23.6 Å². The molecule has 2 N–H and O–H groups in total. The number of aromatic nitrogens is 3. The number of aromatic amines is 1. The highest BCUT2D eigenvalue weighted by molar-refractivity contribution is 7.13. The minimum absolute atomic E-state index is 0.105. The number of H-pyrrole nitrogens is 1. The molecular formula is C18H10F2N4O3S. The van der Waals surface area contributed by atoms with E-state index >= 15 is 0 Å². The fourth-order valence-electron chi connectivity index (χ4n) is 2.83. The van der Waals surface area contributed by atoms with Crippen LogP contribution in [-0.4, -0.2) is 27.2 Å². The summed E-state index contributed by atoms with van der Waals surface area (Å²) in [4.78, 5) is 24.7. The van der Waals surface area contributed by atoms with Crippen LogP contribution in [-0.2, 0) is 0 Å². The Kier molecular flexibility index (Phi) is 3.56. The Morgan fingerprint density at radius 1 is 1.18 bits per heavy atom. The molecule has 0 saturated heterocycles. The molecule has 0 unspecified atom stereocenters. The number of nitrogens with one attached hydrogen (secondary N) is 2. The van der Waals surface area contributed by atoms with Crippen LogP contribution in [0.2, 0.25) is 0 Å². The largest absolute Gasteiger partial charge is 0.586 e. The van der Waals surface area contributed by atoms with E-state index in [1.165, 1.54) is 18.3 Å². The summed E-state index contributed by atoms with van der Waals surface area (Å²) in [5.41, 5.74) is 1.96. The van der Waals surface area contributed by atoms with Gasteiger partial charge in [0.1, 0.15) is 0 Å². The van der Waals surface area contributed by atoms with E-state index in [-0.39, 0.29) is 17.4 Å². The second-order valence-corrected chi connectivity index (χ2v) is 6.91. The Morgan fingerprint density at radius 2 is 2.00 bits per heavy atom. The molecule has 1 aliphatic rings. The van der Waals surface area contributed by atoms with Crippen LogP contribution in [0.1, 0.15) is 10.4 Å². The summed E-state index contributed by atoms with van der Waals surface area (Å²) in [7, 11) is 0. The van der Waals surface area contributed by atoms with Gasteiger partial charge in [0.15, 0.2) is 11.5 Å². The zero-order valence-corrected chi connectivity index (χ0v) is 14.7. The number of halogens is 2. The van der Waals surface area contributed by atoms with Crippen molar-refractivity contribution in [3.63, 3.8) is 0 Å². The van der Waals surface area contributed by atoms with Crippen LogP contribution < -0.4 is 14.8 Å². The number of nitrogens with zero attached hydrogens (tertiary/aromatic N) is 2. The molecule has 5 rings (SSSR count). The number of amides is 1. The van der Waals surface area contributed by atoms with Crippen LogP contribution in [0.3, 0.4) is 0 Å². The number of rotatable bonds is 3. The average molecular weight is 400 g/mol. The van der Waals surface area contributed by atoms with E-state index in [0.717, 1.165) is 10.4 Å². The van der Waals surface area contributed by atoms with E-state index in [2.05, 4.69) is 29.7 Å². The van der Waals surface area contributed by atoms with Gasteiger partial charge in [-0.25, -0.2) is 4.98 Å². The molecule has 4 aromatic rings. The predicted octanol–water partition coefficient (Wildman–Crippen LogP) is 4.26. The minimum Gasteiger partial charge on any atom is -0.395 e. The second-order valence-electron chi connectivity index (χ2n) is 5.96. The molecule has 28 heavy (non-hydrogen) atoms. The molecule has 1 aliphatic heterocycles. The molecule has 0 aliphatic carbocycles. The van der Waals surface area contributed by atoms with E-state index in [0.29, 0.717) is 16.6 Å². The van der Waals surface area contributed by atoms with Gasteiger partial charge in [0.2, 0.25) is 5.95 Å². The van der Waals surface area contributed by atoms with Gasteiger partial charge in [-0.2, -0.15) is 0 Å². The monoisotopic (exact) mass is 400 g/mol. The molecule has 0 atom stereocenters. The normalized spacial score (nSPS) is 14.4. The third kappa shape index (κ3) is 2.93. The first-order chi connectivity index (χ1) is 13.5. The van der Waals surface area contributed by atoms with Crippen LogP contribution in [0.5, 0.6) is 11.5 Å². The molecule has 0 spiro atoms. The number of ether oxygens (including phenoxy) is 2. The van der Waals surface area contributed by atoms with Crippen molar-refractivity contribution in [2.24, 2.45) is 0 Å². The number of thiophene rings is 1. The number of hydrogen-bond donors (Lipinski definition) is 2. The van der Waals surface area contributed by atoms with Gasteiger partial charge in [0.25, 0.3) is 5.91 Å². The summed E-state index contributed by atoms with van der Waals surface area (Å²) in [5, 5.41) is 4.58. The standard InChI is InChI=1S/C18H10F2N4O3S/c19-18(20)26-13-5-11-12(6-14(13)27-18)23-17(22-11)24-16(25)10-4-9(7-21-8-10)15-2-1-3-28-15/h1-8H,(H2,22,23,24,25). The quantitative estimate of drug-likeness (QED) is 0.536. The summed E-state index contributed by atoms with van der Waals surface area (Å²) < 4.78 is 35.1. The first kappa shape index (κ1) is 16.6. The highest BCUT2D eigenvalue weighted by atomic mass is 32.1. The van der Waals surface area contributed by atoms with Gasteiger partial charge in [-0.1, -0.05) is 6.07 Å². The lowest BCUT2D eigenvalue weighted by molar-refractivity contribution is -0.286. The van der Waals surface area contributed by atoms with Crippen molar-refractivity contribution in [3.8, 4) is 21.9 Å². The smallest absolute Gasteiger partial charge is 0.395 e. The Morgan fingerprint density at radius 3 is 2.79 bits per heavy atom. The Balaban J connectivity index is 1.40. The Bertz CT molecular complexity index is 1160. The Hall–Kier alpha value is -3.53. The van der Waals surface area contributed by atoms with Crippen molar-refractivity contribution in [3.05, 3.63) is 53.7 Å². The van der Waals surface area contributed by atoms with E-state index in [9.17, 15) is 13.6 Å². The van der Waals surface area contributed by atoms with Crippen LogP contribution in [0.4, 0.5) is 14.7 Å². The number of benzene rings is 1. The van der Waals surface area contributed by atoms with Gasteiger partial charge in [-0.3, -0.25) is 15.1 Å². The van der Waals surface area contributed by atoms with Gasteiger partial charge in [-0.05, 0) is 17.5 Å². The first-order valence-corrected chi connectivity index (χ1v) is 8.95. The molecule has 0 fully saturated rings. The fraction of sp³-hybridized carbons (Fsp3) is 0.0556. The fourth-order valence-corrected chi connectivity index (χ4v) is 3.54. The molecular weight excluding hydrogens is 390 g/mol. The maximum Gasteiger partial charge on any atom is 0.586 e. The number of carbonyl (C=O) groups is 1.